The number of halogens is 2. The number of fused-ring (bicyclic) bond motifs is 2. The largest absolute Gasteiger partial charge is 0.481 e. The monoisotopic (exact) mass is 750 g/mol. The molecular weight excluding hydrogens is 715 g/mol. The second-order valence-electron chi connectivity index (χ2n) is 11.8. The first-order valence-corrected chi connectivity index (χ1v) is 17.0. The zero-order chi connectivity index (χ0) is 37.4. The minimum Gasteiger partial charge on any atom is -0.481 e. The van der Waals surface area contributed by atoms with Gasteiger partial charge in [0.1, 0.15) is 11.6 Å². The van der Waals surface area contributed by atoms with Crippen LogP contribution in [-0.2, 0) is 27.4 Å². The highest BCUT2D eigenvalue weighted by molar-refractivity contribution is 6.34. The molecule has 2 aliphatic heterocycles. The molecule has 5 N–H and O–H groups in total. The van der Waals surface area contributed by atoms with E-state index >= 15 is 0 Å². The van der Waals surface area contributed by atoms with Gasteiger partial charge in [-0.2, -0.15) is 9.97 Å². The highest BCUT2D eigenvalue weighted by atomic mass is 35.5. The number of benzene rings is 2. The van der Waals surface area contributed by atoms with Gasteiger partial charge in [0.2, 0.25) is 11.9 Å². The number of carbonyl (C=O) groups excluding carboxylic acids is 3. The Morgan fingerprint density at radius 2 is 1.25 bits per heavy atom. The standard InChI is InChI=1S/C18H20ClN5O3.C16H16ClN5O3/c1-3-27-15(25)8-11(2)21-17-20-9-12-10-24(18(26)23-16(12)22-17)14-7-5-4-6-13(14)19;1-9(6-13(23)24)19-15-18-7-10-8-22(16(25)21-14(10)20-15)12-5-3-2-4-11(12)17/h4-7,9,11H,3,8,10H2,1-2H3,(H2,20,21,22,23,26);2-5,7,9H,6,8H2,1H3,(H,23,24)(H2,18,19,20,21,25). The van der Waals surface area contributed by atoms with Gasteiger partial charge in [-0.3, -0.25) is 30.0 Å². The quantitative estimate of drug-likeness (QED) is 0.106. The molecule has 0 aliphatic carbocycles. The van der Waals surface area contributed by atoms with Crippen molar-refractivity contribution in [1.82, 2.24) is 19.9 Å². The molecule has 2 aliphatic rings. The van der Waals surface area contributed by atoms with Crippen molar-refractivity contribution >= 4 is 82.1 Å². The summed E-state index contributed by atoms with van der Waals surface area (Å²) in [5.74, 6) is 0.217. The van der Waals surface area contributed by atoms with E-state index in [1.54, 1.807) is 68.7 Å². The lowest BCUT2D eigenvalue weighted by atomic mass is 10.2. The normalized spacial score (nSPS) is 14.3. The minimum atomic E-state index is -0.915. The van der Waals surface area contributed by atoms with Crippen molar-refractivity contribution < 1.29 is 29.0 Å². The number of urea groups is 2. The lowest BCUT2D eigenvalue weighted by Gasteiger charge is -2.29. The molecule has 4 amide bonds. The predicted molar refractivity (Wildman–Crippen MR) is 197 cm³/mol. The summed E-state index contributed by atoms with van der Waals surface area (Å²) in [5, 5.41) is 21.2. The van der Waals surface area contributed by atoms with Crippen LogP contribution in [0.2, 0.25) is 10.0 Å². The van der Waals surface area contributed by atoms with Gasteiger partial charge in [-0.05, 0) is 45.0 Å². The second-order valence-corrected chi connectivity index (χ2v) is 12.6. The number of carbonyl (C=O) groups is 4. The molecule has 0 saturated carbocycles. The summed E-state index contributed by atoms with van der Waals surface area (Å²) >= 11 is 12.4. The van der Waals surface area contributed by atoms with Crippen molar-refractivity contribution in [3.8, 4) is 0 Å². The smallest absolute Gasteiger partial charge is 0.327 e. The summed E-state index contributed by atoms with van der Waals surface area (Å²) < 4.78 is 4.93. The van der Waals surface area contributed by atoms with Gasteiger partial charge < -0.3 is 20.5 Å². The summed E-state index contributed by atoms with van der Waals surface area (Å²) in [7, 11) is 0. The topological polar surface area (TPSA) is 204 Å². The van der Waals surface area contributed by atoms with Gasteiger partial charge in [0.15, 0.2) is 0 Å². The van der Waals surface area contributed by atoms with Gasteiger partial charge in [-0.15, -0.1) is 0 Å². The number of amides is 4. The summed E-state index contributed by atoms with van der Waals surface area (Å²) in [4.78, 5) is 67.2. The van der Waals surface area contributed by atoms with E-state index in [0.29, 0.717) is 52.2 Å². The molecule has 2 aromatic heterocycles. The number of anilines is 6. The van der Waals surface area contributed by atoms with E-state index in [-0.39, 0.29) is 55.4 Å². The summed E-state index contributed by atoms with van der Waals surface area (Å²) in [6.07, 6.45) is 3.38. The maximum atomic E-state index is 12.5. The van der Waals surface area contributed by atoms with Gasteiger partial charge >= 0.3 is 24.0 Å². The number of carboxylic acid groups (broad SMARTS) is 1. The average molecular weight is 752 g/mol. The third-order valence-corrected chi connectivity index (χ3v) is 8.26. The Kier molecular flexibility index (Phi) is 12.2. The van der Waals surface area contributed by atoms with Crippen molar-refractivity contribution in [2.75, 3.05) is 37.7 Å². The van der Waals surface area contributed by atoms with Crippen molar-refractivity contribution in [2.45, 2.75) is 58.8 Å². The Balaban J connectivity index is 0.000000202. The predicted octanol–water partition coefficient (Wildman–Crippen LogP) is 6.39. The molecule has 0 fully saturated rings. The molecule has 2 unspecified atom stereocenters. The lowest BCUT2D eigenvalue weighted by Crippen LogP contribution is -2.39. The molecule has 18 heteroatoms. The van der Waals surface area contributed by atoms with Crippen LogP contribution in [0.4, 0.5) is 44.5 Å². The Morgan fingerprint density at radius 1 is 0.808 bits per heavy atom. The molecule has 4 aromatic rings. The van der Waals surface area contributed by atoms with Crippen LogP contribution in [0.1, 0.15) is 44.7 Å². The molecule has 0 spiro atoms. The summed E-state index contributed by atoms with van der Waals surface area (Å²) in [5.41, 5.74) is 2.71. The number of hydrogen-bond acceptors (Lipinski definition) is 11. The van der Waals surface area contributed by atoms with Crippen molar-refractivity contribution in [3.05, 3.63) is 82.1 Å². The van der Waals surface area contributed by atoms with Crippen LogP contribution in [0.3, 0.4) is 0 Å². The fourth-order valence-corrected chi connectivity index (χ4v) is 5.70. The Labute approximate surface area is 308 Å². The van der Waals surface area contributed by atoms with E-state index < -0.39 is 5.97 Å². The maximum absolute atomic E-state index is 12.5. The zero-order valence-electron chi connectivity index (χ0n) is 28.4. The molecule has 272 valence electrons. The van der Waals surface area contributed by atoms with Crippen LogP contribution in [-0.4, -0.2) is 67.7 Å². The van der Waals surface area contributed by atoms with Crippen molar-refractivity contribution in [1.29, 1.82) is 0 Å². The lowest BCUT2D eigenvalue weighted by molar-refractivity contribution is -0.143. The molecule has 2 atom stereocenters. The number of aliphatic carboxylic acids is 1. The van der Waals surface area contributed by atoms with Crippen LogP contribution < -0.4 is 31.1 Å². The summed E-state index contributed by atoms with van der Waals surface area (Å²) in [6.45, 7) is 6.25. The molecular formula is C34H36Cl2N10O6. The third-order valence-electron chi connectivity index (χ3n) is 7.62. The van der Waals surface area contributed by atoms with E-state index in [2.05, 4.69) is 41.2 Å². The number of nitrogens with one attached hydrogen (secondary N) is 4. The van der Waals surface area contributed by atoms with Gasteiger partial charge in [-0.1, -0.05) is 47.5 Å². The first kappa shape index (κ1) is 37.5. The van der Waals surface area contributed by atoms with Crippen LogP contribution in [0.25, 0.3) is 0 Å². The third kappa shape index (κ3) is 9.52. The van der Waals surface area contributed by atoms with Gasteiger partial charge in [0, 0.05) is 35.6 Å². The average Bonchev–Trinajstić information content (AvgIpc) is 3.08. The van der Waals surface area contributed by atoms with Crippen LogP contribution in [0.5, 0.6) is 0 Å². The van der Waals surface area contributed by atoms with Gasteiger partial charge in [0.25, 0.3) is 0 Å². The number of ether oxygens (including phenoxy) is 1. The zero-order valence-corrected chi connectivity index (χ0v) is 29.9. The number of carboxylic acids is 1. The van der Waals surface area contributed by atoms with Gasteiger partial charge in [0.05, 0.1) is 54.0 Å². The Bertz CT molecular complexity index is 1970. The molecule has 52 heavy (non-hydrogen) atoms. The molecule has 6 rings (SSSR count). The first-order chi connectivity index (χ1) is 24.9. The number of para-hydroxylation sites is 2. The molecule has 0 radical (unpaired) electrons. The van der Waals surface area contributed by atoms with Crippen LogP contribution in [0.15, 0.2) is 60.9 Å². The first-order valence-electron chi connectivity index (χ1n) is 16.2. The van der Waals surface area contributed by atoms with Crippen molar-refractivity contribution in [2.24, 2.45) is 0 Å². The Hall–Kier alpha value is -5.74. The number of nitrogens with zero attached hydrogens (tertiary/aromatic N) is 6. The van der Waals surface area contributed by atoms with Crippen molar-refractivity contribution in [3.63, 3.8) is 0 Å². The van der Waals surface area contributed by atoms with Crippen LogP contribution in [0, 0.1) is 0 Å². The number of aromatic nitrogens is 4. The molecule has 0 saturated heterocycles. The van der Waals surface area contributed by atoms with E-state index in [4.69, 9.17) is 33.0 Å². The van der Waals surface area contributed by atoms with Gasteiger partial charge in [-0.25, -0.2) is 19.6 Å². The fourth-order valence-electron chi connectivity index (χ4n) is 5.23. The highest BCUT2D eigenvalue weighted by Crippen LogP contribution is 2.32. The van der Waals surface area contributed by atoms with Crippen LogP contribution >= 0.6 is 23.2 Å². The fraction of sp³-hybridized carbons (Fsp3) is 0.294. The SMILES string of the molecule is CC(CC(=O)O)Nc1ncc2c(n1)NC(=O)N(c1ccccc1Cl)C2.CCOC(=O)CC(C)Nc1ncc2c(n1)NC(=O)N(c1ccccc1Cl)C2. The molecule has 2 aromatic carbocycles. The molecule has 0 bridgehead atoms. The minimum absolute atomic E-state index is 0.0624. The van der Waals surface area contributed by atoms with E-state index in [9.17, 15) is 19.2 Å². The Morgan fingerprint density at radius 3 is 1.67 bits per heavy atom. The molecule has 16 nitrogen and oxygen atoms in total. The highest BCUT2D eigenvalue weighted by Gasteiger charge is 2.28. The summed E-state index contributed by atoms with van der Waals surface area (Å²) in [6, 6.07) is 13.0. The maximum Gasteiger partial charge on any atom is 0.327 e. The number of esters is 1. The van der Waals surface area contributed by atoms with E-state index in [1.807, 2.05) is 13.0 Å². The van der Waals surface area contributed by atoms with E-state index in [1.165, 1.54) is 9.80 Å². The van der Waals surface area contributed by atoms with E-state index in [0.717, 1.165) is 11.1 Å². The number of hydrogen-bond donors (Lipinski definition) is 5. The molecule has 4 heterocycles. The second kappa shape index (κ2) is 17.0. The number of rotatable bonds is 11.